The van der Waals surface area contributed by atoms with Crippen LogP contribution in [0.1, 0.15) is 25.7 Å². The van der Waals surface area contributed by atoms with Crippen LogP contribution in [0, 0.1) is 11.8 Å². The number of hydrogen-bond acceptors (Lipinski definition) is 2. The first kappa shape index (κ1) is 9.03. The normalized spacial score (nSPS) is 27.7. The van der Waals surface area contributed by atoms with E-state index in [9.17, 15) is 9.59 Å². The summed E-state index contributed by atoms with van der Waals surface area (Å²) < 4.78 is 0. The second kappa shape index (κ2) is 3.56. The number of aliphatic carboxylic acids is 2. The van der Waals surface area contributed by atoms with Crippen LogP contribution in [0.15, 0.2) is 0 Å². The molecule has 0 amide bonds. The zero-order valence-electron chi connectivity index (χ0n) is 6.69. The lowest BCUT2D eigenvalue weighted by Crippen LogP contribution is -2.30. The molecule has 1 saturated carbocycles. The van der Waals surface area contributed by atoms with Gasteiger partial charge < -0.3 is 10.2 Å². The molecular weight excluding hydrogens is 160 g/mol. The van der Waals surface area contributed by atoms with Gasteiger partial charge in [0.2, 0.25) is 0 Å². The van der Waals surface area contributed by atoms with Gasteiger partial charge in [0.15, 0.2) is 0 Å². The summed E-state index contributed by atoms with van der Waals surface area (Å²) >= 11 is 0. The maximum absolute atomic E-state index is 10.3. The minimum absolute atomic E-state index is 0.164. The Morgan fingerprint density at radius 2 is 1.83 bits per heavy atom. The van der Waals surface area contributed by atoms with Gasteiger partial charge in [-0.05, 0) is 25.2 Å². The summed E-state index contributed by atoms with van der Waals surface area (Å²) in [5.74, 6) is -1.44. The molecule has 0 aromatic carbocycles. The number of hydrogen-bond donors (Lipinski definition) is 2. The van der Waals surface area contributed by atoms with Crippen molar-refractivity contribution in [2.45, 2.75) is 25.7 Å². The van der Waals surface area contributed by atoms with Crippen LogP contribution in [0.4, 0.5) is 0 Å². The lowest BCUT2D eigenvalue weighted by atomic mass is 9.73. The van der Waals surface area contributed by atoms with Crippen LogP contribution in [0.5, 0.6) is 0 Å². The molecule has 2 N–H and O–H groups in total. The van der Waals surface area contributed by atoms with E-state index in [2.05, 4.69) is 0 Å². The largest absolute Gasteiger partial charge is 0.481 e. The van der Waals surface area contributed by atoms with Crippen LogP contribution < -0.4 is 0 Å². The van der Waals surface area contributed by atoms with Crippen LogP contribution in [0.2, 0.25) is 0 Å². The van der Waals surface area contributed by atoms with E-state index in [-0.39, 0.29) is 12.3 Å². The number of carboxylic acids is 2. The monoisotopic (exact) mass is 172 g/mol. The minimum Gasteiger partial charge on any atom is -0.481 e. The van der Waals surface area contributed by atoms with Crippen molar-refractivity contribution in [2.75, 3.05) is 0 Å². The first-order chi connectivity index (χ1) is 5.59. The van der Waals surface area contributed by atoms with E-state index in [4.69, 9.17) is 10.2 Å². The summed E-state index contributed by atoms with van der Waals surface area (Å²) in [5, 5.41) is 16.9. The van der Waals surface area contributed by atoms with Gasteiger partial charge in [0.1, 0.15) is 0 Å². The third-order valence-corrected chi connectivity index (χ3v) is 2.35. The topological polar surface area (TPSA) is 74.6 Å². The lowest BCUT2D eigenvalue weighted by molar-refractivity contribution is -0.146. The standard InChI is InChI=1S/C8H12O4/c9-7(10)2-1-5-3-6(4-5)8(11)12/h5-6H,1-4H2,(H,9,10)(H,11,12). The molecule has 4 nitrogen and oxygen atoms in total. The molecule has 0 atom stereocenters. The molecule has 1 fully saturated rings. The second-order valence-corrected chi connectivity index (χ2v) is 3.31. The maximum Gasteiger partial charge on any atom is 0.306 e. The third-order valence-electron chi connectivity index (χ3n) is 2.35. The molecule has 0 radical (unpaired) electrons. The Bertz CT molecular complexity index is 190. The highest BCUT2D eigenvalue weighted by Gasteiger charge is 2.33. The molecule has 1 aliphatic rings. The van der Waals surface area contributed by atoms with Gasteiger partial charge in [-0.15, -0.1) is 0 Å². The highest BCUT2D eigenvalue weighted by molar-refractivity contribution is 5.71. The van der Waals surface area contributed by atoms with Crippen LogP contribution in [-0.2, 0) is 9.59 Å². The van der Waals surface area contributed by atoms with E-state index in [0.717, 1.165) is 0 Å². The van der Waals surface area contributed by atoms with Crippen molar-refractivity contribution in [2.24, 2.45) is 11.8 Å². The lowest BCUT2D eigenvalue weighted by Gasteiger charge is -2.31. The molecule has 4 heteroatoms. The molecular formula is C8H12O4. The smallest absolute Gasteiger partial charge is 0.306 e. The van der Waals surface area contributed by atoms with E-state index in [1.807, 2.05) is 0 Å². The zero-order chi connectivity index (χ0) is 9.14. The Labute approximate surface area is 70.2 Å². The van der Waals surface area contributed by atoms with Gasteiger partial charge in [-0.25, -0.2) is 0 Å². The van der Waals surface area contributed by atoms with Crippen molar-refractivity contribution in [3.05, 3.63) is 0 Å². The summed E-state index contributed by atoms with van der Waals surface area (Å²) in [5.41, 5.74) is 0. The molecule has 12 heavy (non-hydrogen) atoms. The molecule has 0 aliphatic heterocycles. The SMILES string of the molecule is O=C(O)CCC1CC(C(=O)O)C1. The van der Waals surface area contributed by atoms with E-state index >= 15 is 0 Å². The highest BCUT2D eigenvalue weighted by Crippen LogP contribution is 2.36. The van der Waals surface area contributed by atoms with E-state index in [1.54, 1.807) is 0 Å². The third kappa shape index (κ3) is 2.22. The number of carbonyl (C=O) groups is 2. The molecule has 0 aromatic rings. The first-order valence-corrected chi connectivity index (χ1v) is 4.04. The van der Waals surface area contributed by atoms with Gasteiger partial charge >= 0.3 is 11.9 Å². The van der Waals surface area contributed by atoms with Crippen molar-refractivity contribution in [1.82, 2.24) is 0 Å². The van der Waals surface area contributed by atoms with E-state index in [0.29, 0.717) is 25.2 Å². The number of carboxylic acid groups (broad SMARTS) is 2. The van der Waals surface area contributed by atoms with Gasteiger partial charge in [-0.1, -0.05) is 0 Å². The average Bonchev–Trinajstić information content (AvgIpc) is 1.82. The molecule has 0 spiro atoms. The summed E-state index contributed by atoms with van der Waals surface area (Å²) in [7, 11) is 0. The van der Waals surface area contributed by atoms with E-state index in [1.165, 1.54) is 0 Å². The van der Waals surface area contributed by atoms with Gasteiger partial charge in [-0.3, -0.25) is 9.59 Å². The molecule has 1 aliphatic carbocycles. The van der Waals surface area contributed by atoms with Crippen molar-refractivity contribution >= 4 is 11.9 Å². The van der Waals surface area contributed by atoms with Crippen LogP contribution in [0.25, 0.3) is 0 Å². The molecule has 0 bridgehead atoms. The van der Waals surface area contributed by atoms with Gasteiger partial charge in [0.25, 0.3) is 0 Å². The van der Waals surface area contributed by atoms with Crippen molar-refractivity contribution in [3.8, 4) is 0 Å². The first-order valence-electron chi connectivity index (χ1n) is 4.04. The van der Waals surface area contributed by atoms with Crippen LogP contribution in [-0.4, -0.2) is 22.2 Å². The molecule has 1 rings (SSSR count). The highest BCUT2D eigenvalue weighted by atomic mass is 16.4. The Hall–Kier alpha value is -1.06. The second-order valence-electron chi connectivity index (χ2n) is 3.31. The summed E-state index contributed by atoms with van der Waals surface area (Å²) in [6.45, 7) is 0. The molecule has 0 aromatic heterocycles. The molecule has 0 unspecified atom stereocenters. The fourth-order valence-corrected chi connectivity index (χ4v) is 1.50. The zero-order valence-corrected chi connectivity index (χ0v) is 6.69. The Morgan fingerprint density at radius 1 is 1.25 bits per heavy atom. The summed E-state index contributed by atoms with van der Waals surface area (Å²) in [6, 6.07) is 0. The maximum atomic E-state index is 10.3. The predicted molar refractivity (Wildman–Crippen MR) is 40.7 cm³/mol. The van der Waals surface area contributed by atoms with Crippen molar-refractivity contribution < 1.29 is 19.8 Å². The minimum atomic E-state index is -0.797. The fraction of sp³-hybridized carbons (Fsp3) is 0.750. The van der Waals surface area contributed by atoms with Crippen LogP contribution >= 0.6 is 0 Å². The average molecular weight is 172 g/mol. The van der Waals surface area contributed by atoms with Crippen molar-refractivity contribution in [3.63, 3.8) is 0 Å². The Balaban J connectivity index is 2.10. The van der Waals surface area contributed by atoms with Gasteiger partial charge in [0, 0.05) is 6.42 Å². The molecule has 0 saturated heterocycles. The Kier molecular flexibility index (Phi) is 2.68. The van der Waals surface area contributed by atoms with Crippen LogP contribution in [0.3, 0.4) is 0 Å². The van der Waals surface area contributed by atoms with Gasteiger partial charge in [-0.2, -0.15) is 0 Å². The fourth-order valence-electron chi connectivity index (χ4n) is 1.50. The van der Waals surface area contributed by atoms with Crippen molar-refractivity contribution in [1.29, 1.82) is 0 Å². The predicted octanol–water partition coefficient (Wildman–Crippen LogP) is 0.962. The molecule has 68 valence electrons. The van der Waals surface area contributed by atoms with Gasteiger partial charge in [0.05, 0.1) is 5.92 Å². The van der Waals surface area contributed by atoms with E-state index < -0.39 is 11.9 Å². The summed E-state index contributed by atoms with van der Waals surface area (Å²) in [6.07, 6.45) is 2.10. The molecule has 0 heterocycles. The summed E-state index contributed by atoms with van der Waals surface area (Å²) in [4.78, 5) is 20.5. The quantitative estimate of drug-likeness (QED) is 0.662. The number of rotatable bonds is 4. The Morgan fingerprint density at radius 3 is 2.25 bits per heavy atom.